The van der Waals surface area contributed by atoms with Gasteiger partial charge < -0.3 is 10.2 Å². The van der Waals surface area contributed by atoms with Crippen LogP contribution >= 0.6 is 0 Å². The standard InChI is InChI=1S/C10H12FN3O4S/c11-19(17,18)9-4-2-1-3-7(9)10(16)8(15)5-6-13-14-12/h1-4,8,10,15-16H,5-6H2. The lowest BCUT2D eigenvalue weighted by atomic mass is 10.0. The molecule has 2 atom stereocenters. The Labute approximate surface area is 109 Å². The summed E-state index contributed by atoms with van der Waals surface area (Å²) < 4.78 is 34.9. The van der Waals surface area contributed by atoms with Gasteiger partial charge in [0.2, 0.25) is 0 Å². The number of benzene rings is 1. The average Bonchev–Trinajstić information content (AvgIpc) is 2.37. The third-order valence-electron chi connectivity index (χ3n) is 2.45. The third-order valence-corrected chi connectivity index (χ3v) is 3.35. The van der Waals surface area contributed by atoms with Gasteiger partial charge in [-0.1, -0.05) is 23.3 Å². The lowest BCUT2D eigenvalue weighted by Crippen LogP contribution is -2.20. The van der Waals surface area contributed by atoms with E-state index in [2.05, 4.69) is 10.0 Å². The summed E-state index contributed by atoms with van der Waals surface area (Å²) in [6.07, 6.45) is -3.03. The number of halogens is 1. The normalized spacial score (nSPS) is 14.5. The van der Waals surface area contributed by atoms with Crippen LogP contribution < -0.4 is 0 Å². The second kappa shape index (κ2) is 6.48. The molecule has 0 spiro atoms. The van der Waals surface area contributed by atoms with E-state index >= 15 is 0 Å². The molecule has 0 amide bonds. The van der Waals surface area contributed by atoms with E-state index < -0.39 is 27.3 Å². The molecule has 1 aromatic carbocycles. The molecule has 0 heterocycles. The maximum absolute atomic E-state index is 13.0. The highest BCUT2D eigenvalue weighted by atomic mass is 32.3. The zero-order chi connectivity index (χ0) is 14.5. The Bertz CT molecular complexity index is 586. The van der Waals surface area contributed by atoms with Gasteiger partial charge in [-0.2, -0.15) is 8.42 Å². The highest BCUT2D eigenvalue weighted by Crippen LogP contribution is 2.27. The fourth-order valence-electron chi connectivity index (χ4n) is 1.55. The van der Waals surface area contributed by atoms with Gasteiger partial charge in [-0.05, 0) is 18.0 Å². The quantitative estimate of drug-likeness (QED) is 0.356. The van der Waals surface area contributed by atoms with Crippen molar-refractivity contribution >= 4 is 10.2 Å². The van der Waals surface area contributed by atoms with Crippen molar-refractivity contribution in [1.82, 2.24) is 0 Å². The van der Waals surface area contributed by atoms with E-state index in [4.69, 9.17) is 5.53 Å². The van der Waals surface area contributed by atoms with E-state index in [-0.39, 0.29) is 18.5 Å². The van der Waals surface area contributed by atoms with E-state index in [1.807, 2.05) is 0 Å². The molecule has 0 saturated heterocycles. The largest absolute Gasteiger partial charge is 0.390 e. The van der Waals surface area contributed by atoms with Crippen LogP contribution in [-0.2, 0) is 10.2 Å². The molecule has 0 aliphatic rings. The van der Waals surface area contributed by atoms with Crippen LogP contribution in [0.1, 0.15) is 18.1 Å². The summed E-state index contributed by atoms with van der Waals surface area (Å²) in [5.74, 6) is 0. The van der Waals surface area contributed by atoms with E-state index in [1.165, 1.54) is 18.2 Å². The van der Waals surface area contributed by atoms with Gasteiger partial charge in [-0.3, -0.25) is 0 Å². The lowest BCUT2D eigenvalue weighted by molar-refractivity contribution is 0.0134. The first kappa shape index (κ1) is 15.4. The first-order chi connectivity index (χ1) is 8.88. The summed E-state index contributed by atoms with van der Waals surface area (Å²) >= 11 is 0. The van der Waals surface area contributed by atoms with Crippen LogP contribution in [0.3, 0.4) is 0 Å². The summed E-state index contributed by atoms with van der Waals surface area (Å²) in [6.45, 7) is -0.0702. The zero-order valence-electron chi connectivity index (χ0n) is 9.72. The molecule has 1 rings (SSSR count). The van der Waals surface area contributed by atoms with Crippen molar-refractivity contribution in [2.24, 2.45) is 5.11 Å². The second-order valence-corrected chi connectivity index (χ2v) is 5.05. The molecule has 0 aliphatic heterocycles. The monoisotopic (exact) mass is 289 g/mol. The molecule has 1 aromatic rings. The molecule has 7 nitrogen and oxygen atoms in total. The fraction of sp³-hybridized carbons (Fsp3) is 0.400. The fourth-order valence-corrected chi connectivity index (χ4v) is 2.26. The van der Waals surface area contributed by atoms with Crippen molar-refractivity contribution in [3.63, 3.8) is 0 Å². The number of hydrogen-bond donors (Lipinski definition) is 2. The highest BCUT2D eigenvalue weighted by molar-refractivity contribution is 7.86. The van der Waals surface area contributed by atoms with E-state index in [9.17, 15) is 22.5 Å². The van der Waals surface area contributed by atoms with Gasteiger partial charge in [0.25, 0.3) is 0 Å². The molecular weight excluding hydrogens is 277 g/mol. The molecule has 2 N–H and O–H groups in total. The van der Waals surface area contributed by atoms with Crippen molar-refractivity contribution in [3.05, 3.63) is 40.3 Å². The summed E-state index contributed by atoms with van der Waals surface area (Å²) in [4.78, 5) is 1.78. The van der Waals surface area contributed by atoms with E-state index in [1.54, 1.807) is 0 Å². The van der Waals surface area contributed by atoms with Gasteiger partial charge >= 0.3 is 10.2 Å². The molecule has 0 bridgehead atoms. The van der Waals surface area contributed by atoms with Gasteiger partial charge in [0.1, 0.15) is 11.0 Å². The summed E-state index contributed by atoms with van der Waals surface area (Å²) in [5, 5.41) is 22.6. The van der Waals surface area contributed by atoms with Gasteiger partial charge in [-0.15, -0.1) is 3.89 Å². The number of azide groups is 1. The molecule has 104 valence electrons. The number of hydrogen-bond acceptors (Lipinski definition) is 5. The van der Waals surface area contributed by atoms with Crippen LogP contribution in [0.25, 0.3) is 10.4 Å². The minimum Gasteiger partial charge on any atom is -0.390 e. The zero-order valence-corrected chi connectivity index (χ0v) is 10.5. The smallest absolute Gasteiger partial charge is 0.332 e. The van der Waals surface area contributed by atoms with Crippen molar-refractivity contribution in [2.45, 2.75) is 23.5 Å². The van der Waals surface area contributed by atoms with Crippen LogP contribution in [-0.4, -0.2) is 31.3 Å². The lowest BCUT2D eigenvalue weighted by Gasteiger charge is -2.18. The van der Waals surface area contributed by atoms with Crippen LogP contribution in [0.5, 0.6) is 0 Å². The Morgan fingerprint density at radius 1 is 1.37 bits per heavy atom. The maximum atomic E-state index is 13.0. The van der Waals surface area contributed by atoms with Crippen LogP contribution in [0.4, 0.5) is 3.89 Å². The van der Waals surface area contributed by atoms with E-state index in [0.29, 0.717) is 0 Å². The van der Waals surface area contributed by atoms with Crippen molar-refractivity contribution in [2.75, 3.05) is 6.54 Å². The predicted octanol–water partition coefficient (Wildman–Crippen LogP) is 1.44. The summed E-state index contributed by atoms with van der Waals surface area (Å²) in [6, 6.07) is 4.91. The molecule has 0 fully saturated rings. The third kappa shape index (κ3) is 4.18. The first-order valence-electron chi connectivity index (χ1n) is 5.28. The molecule has 2 unspecified atom stereocenters. The van der Waals surface area contributed by atoms with Gasteiger partial charge in [0.05, 0.1) is 6.10 Å². The highest BCUT2D eigenvalue weighted by Gasteiger charge is 2.25. The Kier molecular flexibility index (Phi) is 5.25. The molecule has 19 heavy (non-hydrogen) atoms. The summed E-state index contributed by atoms with van der Waals surface area (Å²) in [7, 11) is -4.99. The number of aliphatic hydroxyl groups excluding tert-OH is 2. The number of aliphatic hydroxyl groups is 2. The van der Waals surface area contributed by atoms with E-state index in [0.717, 1.165) is 6.07 Å². The minimum atomic E-state index is -4.99. The molecule has 0 saturated carbocycles. The minimum absolute atomic E-state index is 0.0702. The Morgan fingerprint density at radius 3 is 2.58 bits per heavy atom. The average molecular weight is 289 g/mol. The number of rotatable bonds is 6. The van der Waals surface area contributed by atoms with Crippen molar-refractivity contribution in [3.8, 4) is 0 Å². The number of nitrogens with zero attached hydrogens (tertiary/aromatic N) is 3. The Morgan fingerprint density at radius 2 is 2.00 bits per heavy atom. The van der Waals surface area contributed by atoms with Gasteiger partial charge in [0, 0.05) is 17.0 Å². The van der Waals surface area contributed by atoms with Gasteiger partial charge in [0.15, 0.2) is 0 Å². The molecular formula is C10H12FN3O4S. The van der Waals surface area contributed by atoms with Gasteiger partial charge in [-0.25, -0.2) is 0 Å². The van der Waals surface area contributed by atoms with Crippen molar-refractivity contribution < 1.29 is 22.5 Å². The molecule has 0 aliphatic carbocycles. The topological polar surface area (TPSA) is 123 Å². The molecule has 0 aromatic heterocycles. The Hall–Kier alpha value is -1.67. The van der Waals surface area contributed by atoms with Crippen LogP contribution in [0.2, 0.25) is 0 Å². The first-order valence-corrected chi connectivity index (χ1v) is 6.67. The maximum Gasteiger partial charge on any atom is 0.332 e. The van der Waals surface area contributed by atoms with Crippen LogP contribution in [0, 0.1) is 0 Å². The molecule has 9 heteroatoms. The Balaban J connectivity index is 2.99. The SMILES string of the molecule is [N-]=[N+]=NCCC(O)C(O)c1ccccc1S(=O)(=O)F. The van der Waals surface area contributed by atoms with Crippen LogP contribution in [0.15, 0.2) is 34.3 Å². The second-order valence-electron chi connectivity index (χ2n) is 3.73. The van der Waals surface area contributed by atoms with Crippen molar-refractivity contribution in [1.29, 1.82) is 0 Å². The summed E-state index contributed by atoms with van der Waals surface area (Å²) in [5.41, 5.74) is 7.83. The predicted molar refractivity (Wildman–Crippen MR) is 64.3 cm³/mol. The molecule has 0 radical (unpaired) electrons.